The number of benzene rings is 2. The molecular weight excluding hydrogens is 558 g/mol. The topological polar surface area (TPSA) is 173 Å². The van der Waals surface area contributed by atoms with E-state index in [0.29, 0.717) is 11.2 Å². The van der Waals surface area contributed by atoms with Gasteiger partial charge < -0.3 is 24.8 Å². The van der Waals surface area contributed by atoms with Crippen LogP contribution in [0.4, 0.5) is 10.2 Å². The number of rotatable bonds is 11. The Morgan fingerprint density at radius 2 is 1.98 bits per heavy atom. The highest BCUT2D eigenvalue weighted by atomic mass is 31.2. The van der Waals surface area contributed by atoms with Crippen molar-refractivity contribution in [2.24, 2.45) is 0 Å². The Labute approximate surface area is 234 Å². The molecule has 0 amide bonds. The molecule has 3 unspecified atom stereocenters. The number of aliphatic hydroxyl groups excluding tert-OH is 1. The molecule has 0 aliphatic carbocycles. The first-order valence-electron chi connectivity index (χ1n) is 12.7. The van der Waals surface area contributed by atoms with Crippen LogP contribution in [0.1, 0.15) is 25.1 Å². The molecule has 216 valence electrons. The second kappa shape index (κ2) is 12.3. The number of anilines is 1. The monoisotopic (exact) mass is 586 g/mol. The maximum absolute atomic E-state index is 13.8. The van der Waals surface area contributed by atoms with Gasteiger partial charge in [-0.25, -0.2) is 23.9 Å². The number of nitrogens with zero attached hydrogens (tertiary/aromatic N) is 4. The number of imidazole rings is 1. The summed E-state index contributed by atoms with van der Waals surface area (Å²) in [6.07, 6.45) is 0.316. The number of nitrogens with one attached hydrogen (secondary N) is 1. The van der Waals surface area contributed by atoms with Crippen LogP contribution in [-0.2, 0) is 30.0 Å². The number of nitrogens with two attached hydrogens (primary N) is 1. The summed E-state index contributed by atoms with van der Waals surface area (Å²) in [4.78, 5) is 25.0. The van der Waals surface area contributed by atoms with Crippen molar-refractivity contribution in [2.45, 2.75) is 44.4 Å². The van der Waals surface area contributed by atoms with Crippen molar-refractivity contribution in [2.75, 3.05) is 12.3 Å². The van der Waals surface area contributed by atoms with Gasteiger partial charge in [0.15, 0.2) is 11.5 Å². The van der Waals surface area contributed by atoms with Crippen LogP contribution in [0.25, 0.3) is 11.2 Å². The van der Waals surface area contributed by atoms with Crippen molar-refractivity contribution in [1.29, 1.82) is 0 Å². The van der Waals surface area contributed by atoms with E-state index in [1.165, 1.54) is 31.7 Å². The van der Waals surface area contributed by atoms with Crippen LogP contribution in [0, 0.1) is 5.82 Å². The molecule has 15 heteroatoms. The van der Waals surface area contributed by atoms with Crippen molar-refractivity contribution < 1.29 is 37.4 Å². The molecule has 5 atom stereocenters. The third-order valence-electron chi connectivity index (χ3n) is 6.28. The number of nitrogen functional groups attached to an aromatic ring is 1. The van der Waals surface area contributed by atoms with Gasteiger partial charge in [0.25, 0.3) is 0 Å². The molecule has 2 aromatic heterocycles. The number of aliphatic hydroxyl groups is 1. The SMILES string of the molecule is C[C@H](NP(=O)(OC[C@H]1OC(n2cnc3c(N)ncnc32)CC1O)Oc1ccc(F)cc1)C(=O)OCc1ccccc1. The zero-order valence-corrected chi connectivity index (χ0v) is 22.8. The Kier molecular flexibility index (Phi) is 8.57. The standard InChI is InChI=1S/C26H28FN6O7P/c1-16(26(35)37-12-17-5-3-2-4-6-17)32-41(36,40-19-9-7-18(27)8-10-19)38-13-21-20(34)11-22(39-21)33-15-31-23-24(28)29-14-30-25(23)33/h2-10,14-16,20-22,34H,11-13H2,1H3,(H,32,36)(H2,28,29,30)/t16-,20?,21+,22?,41?/m0/s1. The molecule has 1 aliphatic heterocycles. The number of fused-ring (bicyclic) bond motifs is 1. The molecule has 4 N–H and O–H groups in total. The molecule has 4 aromatic rings. The lowest BCUT2D eigenvalue weighted by Gasteiger charge is -2.24. The highest BCUT2D eigenvalue weighted by Gasteiger charge is 2.39. The Bertz CT molecular complexity index is 1540. The first-order chi connectivity index (χ1) is 19.7. The second-order valence-corrected chi connectivity index (χ2v) is 11.0. The van der Waals surface area contributed by atoms with E-state index in [-0.39, 0.29) is 31.2 Å². The van der Waals surface area contributed by atoms with Gasteiger partial charge in [-0.05, 0) is 36.8 Å². The molecule has 5 rings (SSSR count). The van der Waals surface area contributed by atoms with E-state index >= 15 is 0 Å². The summed E-state index contributed by atoms with van der Waals surface area (Å²) in [5.74, 6) is -0.995. The third kappa shape index (κ3) is 6.87. The first kappa shape index (κ1) is 28.6. The maximum Gasteiger partial charge on any atom is 0.459 e. The summed E-state index contributed by atoms with van der Waals surface area (Å²) in [5, 5.41) is 13.2. The molecule has 1 aliphatic rings. The largest absolute Gasteiger partial charge is 0.460 e. The average molecular weight is 587 g/mol. The highest BCUT2D eigenvalue weighted by Crippen LogP contribution is 2.46. The first-order valence-corrected chi connectivity index (χ1v) is 14.2. The van der Waals surface area contributed by atoms with Crippen LogP contribution in [-0.4, -0.2) is 55.5 Å². The summed E-state index contributed by atoms with van der Waals surface area (Å²) in [7, 11) is -4.29. The fraction of sp³-hybridized carbons (Fsp3) is 0.308. The molecule has 0 radical (unpaired) electrons. The molecular formula is C26H28FN6O7P. The van der Waals surface area contributed by atoms with E-state index < -0.39 is 44.0 Å². The predicted molar refractivity (Wildman–Crippen MR) is 144 cm³/mol. The minimum atomic E-state index is -4.29. The Morgan fingerprint density at radius 3 is 2.73 bits per heavy atom. The molecule has 0 bridgehead atoms. The van der Waals surface area contributed by atoms with E-state index in [0.717, 1.165) is 17.7 Å². The van der Waals surface area contributed by atoms with Gasteiger partial charge in [0, 0.05) is 6.42 Å². The number of carbonyl (C=O) groups excluding carboxylic acids is 1. The summed E-state index contributed by atoms with van der Waals surface area (Å²) in [6.45, 7) is 1.07. The summed E-state index contributed by atoms with van der Waals surface area (Å²) in [5.41, 5.74) is 7.44. The molecule has 2 aromatic carbocycles. The van der Waals surface area contributed by atoms with E-state index in [1.807, 2.05) is 18.2 Å². The van der Waals surface area contributed by atoms with Gasteiger partial charge in [0.05, 0.1) is 19.0 Å². The fourth-order valence-corrected chi connectivity index (χ4v) is 5.66. The molecule has 0 saturated carbocycles. The number of hydrogen-bond donors (Lipinski definition) is 3. The number of hydrogen-bond acceptors (Lipinski definition) is 11. The average Bonchev–Trinajstić information content (AvgIpc) is 3.56. The van der Waals surface area contributed by atoms with Gasteiger partial charge in [-0.3, -0.25) is 13.9 Å². The van der Waals surface area contributed by atoms with Crippen molar-refractivity contribution in [3.05, 3.63) is 78.6 Å². The minimum Gasteiger partial charge on any atom is -0.460 e. The fourth-order valence-electron chi connectivity index (χ4n) is 4.16. The lowest BCUT2D eigenvalue weighted by Crippen LogP contribution is -2.36. The lowest BCUT2D eigenvalue weighted by molar-refractivity contribution is -0.146. The van der Waals surface area contributed by atoms with E-state index in [2.05, 4.69) is 20.0 Å². The summed E-state index contributed by atoms with van der Waals surface area (Å²) < 4.78 is 51.3. The van der Waals surface area contributed by atoms with Crippen LogP contribution >= 0.6 is 7.75 Å². The Morgan fingerprint density at radius 1 is 1.22 bits per heavy atom. The van der Waals surface area contributed by atoms with Crippen molar-refractivity contribution in [3.8, 4) is 5.75 Å². The van der Waals surface area contributed by atoms with Crippen LogP contribution in [0.15, 0.2) is 67.3 Å². The lowest BCUT2D eigenvalue weighted by atomic mass is 10.2. The highest BCUT2D eigenvalue weighted by molar-refractivity contribution is 7.52. The minimum absolute atomic E-state index is 0.0126. The van der Waals surface area contributed by atoms with Gasteiger partial charge in [-0.1, -0.05) is 30.3 Å². The predicted octanol–water partition coefficient (Wildman–Crippen LogP) is 3.12. The van der Waals surface area contributed by atoms with Crippen molar-refractivity contribution in [1.82, 2.24) is 24.6 Å². The second-order valence-electron chi connectivity index (χ2n) is 9.30. The van der Waals surface area contributed by atoms with Crippen molar-refractivity contribution in [3.63, 3.8) is 0 Å². The number of aromatic nitrogens is 4. The molecule has 1 saturated heterocycles. The Balaban J connectivity index is 1.26. The van der Waals surface area contributed by atoms with Crippen molar-refractivity contribution >= 4 is 30.7 Å². The zero-order valence-electron chi connectivity index (χ0n) is 21.9. The smallest absolute Gasteiger partial charge is 0.459 e. The van der Waals surface area contributed by atoms with E-state index in [4.69, 9.17) is 24.3 Å². The van der Waals surface area contributed by atoms with E-state index in [9.17, 15) is 18.9 Å². The third-order valence-corrected chi connectivity index (χ3v) is 7.92. The van der Waals surface area contributed by atoms with Crippen LogP contribution in [0.2, 0.25) is 0 Å². The summed E-state index contributed by atoms with van der Waals surface area (Å²) in [6, 6.07) is 12.7. The molecule has 3 heterocycles. The van der Waals surface area contributed by atoms with Crippen LogP contribution in [0.3, 0.4) is 0 Å². The number of esters is 1. The number of carbonyl (C=O) groups is 1. The zero-order chi connectivity index (χ0) is 29.0. The normalized spacial score (nSPS) is 20.9. The van der Waals surface area contributed by atoms with E-state index in [1.54, 1.807) is 16.7 Å². The van der Waals surface area contributed by atoms with Gasteiger partial charge >= 0.3 is 13.7 Å². The van der Waals surface area contributed by atoms with Gasteiger partial charge in [-0.2, -0.15) is 5.09 Å². The molecule has 1 fully saturated rings. The quantitative estimate of drug-likeness (QED) is 0.173. The van der Waals surface area contributed by atoms with Crippen LogP contribution in [0.5, 0.6) is 5.75 Å². The summed E-state index contributed by atoms with van der Waals surface area (Å²) >= 11 is 0. The maximum atomic E-state index is 13.8. The molecule has 0 spiro atoms. The van der Waals surface area contributed by atoms with Gasteiger partial charge in [-0.15, -0.1) is 0 Å². The number of ether oxygens (including phenoxy) is 2. The number of halogens is 1. The molecule has 41 heavy (non-hydrogen) atoms. The van der Waals surface area contributed by atoms with Gasteiger partial charge in [0.1, 0.15) is 48.4 Å². The van der Waals surface area contributed by atoms with Crippen LogP contribution < -0.4 is 15.3 Å². The Hall–Kier alpha value is -3.94. The molecule has 13 nitrogen and oxygen atoms in total. The van der Waals surface area contributed by atoms with Gasteiger partial charge in [0.2, 0.25) is 0 Å².